The molecule has 8 heteroatoms. The molecule has 0 aliphatic rings. The Morgan fingerprint density at radius 1 is 0.914 bits per heavy atom. The number of carbonyl (C=O) groups excluding carboxylic acids is 1. The maximum absolute atomic E-state index is 12.6. The first kappa shape index (κ1) is 26.2. The van der Waals surface area contributed by atoms with Gasteiger partial charge in [0.2, 0.25) is 10.0 Å². The van der Waals surface area contributed by atoms with Crippen molar-refractivity contribution in [3.63, 3.8) is 0 Å². The monoisotopic (exact) mass is 509 g/mol. The lowest BCUT2D eigenvalue weighted by Crippen LogP contribution is -2.12. The molecular formula is C27H27NO5S2. The number of nitrogens with two attached hydrogens (primary N) is 1. The van der Waals surface area contributed by atoms with Crippen LogP contribution in [0.1, 0.15) is 29.8 Å². The SMILES string of the molecule is CC.COc1cc(OC)c(-c2cc3ccccc3s2)cc1/C=C/C(=O)c1ccc(S(N)(=O)=O)cc1. The number of rotatable bonds is 7. The van der Waals surface area contributed by atoms with Crippen LogP contribution in [0.3, 0.4) is 0 Å². The molecule has 4 aromatic rings. The first-order valence-electron chi connectivity index (χ1n) is 10.9. The summed E-state index contributed by atoms with van der Waals surface area (Å²) >= 11 is 1.66. The fourth-order valence-electron chi connectivity index (χ4n) is 3.43. The van der Waals surface area contributed by atoms with E-state index in [0.717, 1.165) is 15.8 Å². The van der Waals surface area contributed by atoms with E-state index in [0.29, 0.717) is 22.6 Å². The van der Waals surface area contributed by atoms with Crippen LogP contribution in [-0.4, -0.2) is 28.4 Å². The largest absolute Gasteiger partial charge is 0.496 e. The number of fused-ring (bicyclic) bond motifs is 1. The van der Waals surface area contributed by atoms with Gasteiger partial charge in [-0.25, -0.2) is 13.6 Å². The number of allylic oxidation sites excluding steroid dienone is 1. The highest BCUT2D eigenvalue weighted by Crippen LogP contribution is 2.41. The summed E-state index contributed by atoms with van der Waals surface area (Å²) in [5, 5.41) is 6.25. The van der Waals surface area contributed by atoms with E-state index in [1.165, 1.54) is 35.0 Å². The van der Waals surface area contributed by atoms with Crippen LogP contribution in [0.5, 0.6) is 11.5 Å². The van der Waals surface area contributed by atoms with Crippen molar-refractivity contribution in [2.75, 3.05) is 14.2 Å². The summed E-state index contributed by atoms with van der Waals surface area (Å²) in [6.07, 6.45) is 3.09. The smallest absolute Gasteiger partial charge is 0.238 e. The Balaban J connectivity index is 0.00000167. The van der Waals surface area contributed by atoms with E-state index in [2.05, 4.69) is 18.2 Å². The average molecular weight is 510 g/mol. The standard InChI is InChI=1S/C25H21NO5S2.C2H6/c1-30-22-15-23(31-2)20(25-14-18-5-3-4-6-24(18)32-25)13-17(22)9-12-21(27)16-7-10-19(11-8-16)33(26,28)29;1-2/h3-15H,1-2H3,(H2,26,28,29);1-2H3/b12-9+;. The molecule has 0 spiro atoms. The normalized spacial score (nSPS) is 11.2. The summed E-state index contributed by atoms with van der Waals surface area (Å²) in [7, 11) is -0.652. The van der Waals surface area contributed by atoms with Crippen molar-refractivity contribution in [1.29, 1.82) is 0 Å². The third-order valence-corrected chi connectivity index (χ3v) is 7.20. The first-order chi connectivity index (χ1) is 16.8. The number of thiophene rings is 1. The molecular weight excluding hydrogens is 482 g/mol. The Morgan fingerprint density at radius 2 is 1.57 bits per heavy atom. The zero-order valence-electron chi connectivity index (χ0n) is 19.9. The van der Waals surface area contributed by atoms with Crippen molar-refractivity contribution in [2.24, 2.45) is 5.14 Å². The van der Waals surface area contributed by atoms with Gasteiger partial charge in [-0.2, -0.15) is 0 Å². The molecule has 0 saturated heterocycles. The molecule has 2 N–H and O–H groups in total. The number of primary sulfonamides is 1. The third kappa shape index (κ3) is 5.97. The minimum atomic E-state index is -3.81. The van der Waals surface area contributed by atoms with E-state index in [1.54, 1.807) is 37.7 Å². The van der Waals surface area contributed by atoms with Gasteiger partial charge in [0.15, 0.2) is 5.78 Å². The Morgan fingerprint density at radius 3 is 2.17 bits per heavy atom. The van der Waals surface area contributed by atoms with Gasteiger partial charge in [-0.05, 0) is 60.0 Å². The van der Waals surface area contributed by atoms with Gasteiger partial charge in [-0.1, -0.05) is 32.0 Å². The lowest BCUT2D eigenvalue weighted by atomic mass is 10.0. The van der Waals surface area contributed by atoms with Crippen LogP contribution in [0.4, 0.5) is 0 Å². The Bertz CT molecular complexity index is 1440. The van der Waals surface area contributed by atoms with E-state index in [9.17, 15) is 13.2 Å². The minimum absolute atomic E-state index is 0.0483. The van der Waals surface area contributed by atoms with E-state index in [-0.39, 0.29) is 10.7 Å². The van der Waals surface area contributed by atoms with Gasteiger partial charge in [-0.15, -0.1) is 11.3 Å². The fraction of sp³-hybridized carbons (Fsp3) is 0.148. The Hall–Kier alpha value is -3.46. The molecule has 0 fully saturated rings. The fourth-order valence-corrected chi connectivity index (χ4v) is 5.03. The highest BCUT2D eigenvalue weighted by atomic mass is 32.2. The number of carbonyl (C=O) groups is 1. The number of benzene rings is 3. The van der Waals surface area contributed by atoms with Crippen molar-refractivity contribution in [1.82, 2.24) is 0 Å². The molecule has 0 saturated carbocycles. The van der Waals surface area contributed by atoms with Crippen LogP contribution < -0.4 is 14.6 Å². The molecule has 0 aliphatic heterocycles. The number of hydrogen-bond acceptors (Lipinski definition) is 6. The zero-order valence-corrected chi connectivity index (χ0v) is 21.6. The van der Waals surface area contributed by atoms with Gasteiger partial charge in [0.25, 0.3) is 0 Å². The van der Waals surface area contributed by atoms with Crippen molar-refractivity contribution in [2.45, 2.75) is 18.7 Å². The van der Waals surface area contributed by atoms with Crippen molar-refractivity contribution in [3.05, 3.63) is 83.9 Å². The maximum atomic E-state index is 12.6. The summed E-state index contributed by atoms with van der Waals surface area (Å²) < 4.78 is 35.1. The van der Waals surface area contributed by atoms with E-state index < -0.39 is 10.0 Å². The number of methoxy groups -OCH3 is 2. The highest BCUT2D eigenvalue weighted by Gasteiger charge is 2.15. The molecule has 1 heterocycles. The molecule has 3 aromatic carbocycles. The van der Waals surface area contributed by atoms with E-state index >= 15 is 0 Å². The van der Waals surface area contributed by atoms with Crippen molar-refractivity contribution < 1.29 is 22.7 Å². The average Bonchev–Trinajstić information content (AvgIpc) is 3.31. The van der Waals surface area contributed by atoms with E-state index in [4.69, 9.17) is 14.6 Å². The highest BCUT2D eigenvalue weighted by molar-refractivity contribution is 7.89. The van der Waals surface area contributed by atoms with Crippen LogP contribution in [0.2, 0.25) is 0 Å². The quantitative estimate of drug-likeness (QED) is 0.238. The number of ether oxygens (including phenoxy) is 2. The predicted octanol–water partition coefficient (Wildman–Crippen LogP) is 6.16. The van der Waals surface area contributed by atoms with Crippen LogP contribution in [0.25, 0.3) is 26.6 Å². The summed E-state index contributed by atoms with van der Waals surface area (Å²) in [6.45, 7) is 4.00. The first-order valence-corrected chi connectivity index (χ1v) is 13.3. The molecule has 1 aromatic heterocycles. The van der Waals surface area contributed by atoms with Gasteiger partial charge in [0.05, 0.1) is 19.1 Å². The summed E-state index contributed by atoms with van der Waals surface area (Å²) in [4.78, 5) is 13.6. The van der Waals surface area contributed by atoms with Gasteiger partial charge < -0.3 is 9.47 Å². The van der Waals surface area contributed by atoms with Crippen LogP contribution in [-0.2, 0) is 10.0 Å². The zero-order chi connectivity index (χ0) is 25.6. The Kier molecular flexibility index (Phi) is 8.45. The molecule has 0 bridgehead atoms. The number of ketones is 1. The predicted molar refractivity (Wildman–Crippen MR) is 143 cm³/mol. The lowest BCUT2D eigenvalue weighted by molar-refractivity contribution is 0.104. The second-order valence-electron chi connectivity index (χ2n) is 7.21. The van der Waals surface area contributed by atoms with Gasteiger partial charge >= 0.3 is 0 Å². The second kappa shape index (κ2) is 11.3. The van der Waals surface area contributed by atoms with Crippen molar-refractivity contribution >= 4 is 43.3 Å². The molecule has 0 aliphatic carbocycles. The van der Waals surface area contributed by atoms with Crippen molar-refractivity contribution in [3.8, 4) is 21.9 Å². The molecule has 4 rings (SSSR count). The number of sulfonamides is 1. The van der Waals surface area contributed by atoms with Gasteiger partial charge in [-0.3, -0.25) is 4.79 Å². The molecule has 0 radical (unpaired) electrons. The van der Waals surface area contributed by atoms with Gasteiger partial charge in [0.1, 0.15) is 11.5 Å². The molecule has 6 nitrogen and oxygen atoms in total. The summed E-state index contributed by atoms with van der Waals surface area (Å²) in [5.41, 5.74) is 1.94. The molecule has 0 atom stereocenters. The number of hydrogen-bond donors (Lipinski definition) is 1. The lowest BCUT2D eigenvalue weighted by Gasteiger charge is -2.12. The molecule has 182 valence electrons. The minimum Gasteiger partial charge on any atom is -0.496 e. The Labute approximate surface area is 209 Å². The van der Waals surface area contributed by atoms with Crippen LogP contribution in [0, 0.1) is 0 Å². The van der Waals surface area contributed by atoms with Crippen LogP contribution in [0.15, 0.2) is 77.7 Å². The summed E-state index contributed by atoms with van der Waals surface area (Å²) in [5.74, 6) is 0.947. The second-order valence-corrected chi connectivity index (χ2v) is 9.86. The van der Waals surface area contributed by atoms with Gasteiger partial charge in [0, 0.05) is 32.3 Å². The van der Waals surface area contributed by atoms with Crippen LogP contribution >= 0.6 is 11.3 Å². The molecule has 0 unspecified atom stereocenters. The van der Waals surface area contributed by atoms with E-state index in [1.807, 2.05) is 32.0 Å². The maximum Gasteiger partial charge on any atom is 0.238 e. The molecule has 35 heavy (non-hydrogen) atoms. The summed E-state index contributed by atoms with van der Waals surface area (Å²) in [6, 6.07) is 19.4. The molecule has 0 amide bonds. The topological polar surface area (TPSA) is 95.7 Å². The third-order valence-electron chi connectivity index (χ3n) is 5.12.